The van der Waals surface area contributed by atoms with Crippen LogP contribution in [0, 0.1) is 6.92 Å². The maximum atomic E-state index is 13.9. The first-order valence-electron chi connectivity index (χ1n) is 13.8. The highest BCUT2D eigenvalue weighted by Gasteiger charge is 2.21. The monoisotopic (exact) mass is 523 g/mol. The topological polar surface area (TPSA) is 65.6 Å². The number of para-hydroxylation sites is 1. The third-order valence-corrected chi connectivity index (χ3v) is 7.65. The van der Waals surface area contributed by atoms with Gasteiger partial charge in [0.1, 0.15) is 12.4 Å². The van der Waals surface area contributed by atoms with E-state index in [0.29, 0.717) is 36.7 Å². The van der Waals surface area contributed by atoms with Crippen LogP contribution >= 0.6 is 0 Å². The number of aromatic nitrogens is 1. The molecule has 0 aliphatic carbocycles. The van der Waals surface area contributed by atoms with Crippen molar-refractivity contribution in [3.05, 3.63) is 111 Å². The highest BCUT2D eigenvalue weighted by Crippen LogP contribution is 2.28. The molecule has 1 aliphatic heterocycles. The van der Waals surface area contributed by atoms with Gasteiger partial charge < -0.3 is 19.5 Å². The number of aromatic amines is 1. The number of nitrogens with one attached hydrogen (secondary N) is 1. The lowest BCUT2D eigenvalue weighted by molar-refractivity contribution is 0.0726. The molecule has 6 nitrogen and oxygen atoms in total. The van der Waals surface area contributed by atoms with Gasteiger partial charge in [0.2, 0.25) is 5.56 Å². The lowest BCUT2D eigenvalue weighted by Crippen LogP contribution is -2.36. The van der Waals surface area contributed by atoms with Crippen molar-refractivity contribution in [1.29, 1.82) is 0 Å². The molecule has 6 heteroatoms. The van der Waals surface area contributed by atoms with Crippen LogP contribution in [0.1, 0.15) is 52.2 Å². The number of hydrogen-bond acceptors (Lipinski definition) is 4. The van der Waals surface area contributed by atoms with Crippen molar-refractivity contribution in [3.8, 4) is 5.75 Å². The van der Waals surface area contributed by atoms with Crippen LogP contribution in [0.5, 0.6) is 5.75 Å². The Morgan fingerprint density at radius 3 is 2.56 bits per heavy atom. The van der Waals surface area contributed by atoms with E-state index in [1.54, 1.807) is 0 Å². The number of H-pyrrole nitrogens is 1. The number of aryl methyl sites for hydroxylation is 1. The molecule has 1 unspecified atom stereocenters. The summed E-state index contributed by atoms with van der Waals surface area (Å²) in [6, 6.07) is 25.9. The summed E-state index contributed by atoms with van der Waals surface area (Å²) in [5.41, 5.74) is 4.54. The molecular formula is C33H37N3O3. The summed E-state index contributed by atoms with van der Waals surface area (Å²) < 4.78 is 6.27. The largest absolute Gasteiger partial charge is 0.491 e. The zero-order chi connectivity index (χ0) is 27.2. The molecule has 0 radical (unpaired) electrons. The second-order valence-electron chi connectivity index (χ2n) is 10.6. The maximum absolute atomic E-state index is 13.9. The van der Waals surface area contributed by atoms with E-state index in [2.05, 4.69) is 66.3 Å². The van der Waals surface area contributed by atoms with E-state index >= 15 is 0 Å². The van der Waals surface area contributed by atoms with Crippen molar-refractivity contribution < 1.29 is 9.53 Å². The number of nitrogens with zero attached hydrogens (tertiary/aromatic N) is 2. The highest BCUT2D eigenvalue weighted by atomic mass is 16.5. The second-order valence-corrected chi connectivity index (χ2v) is 10.6. The van der Waals surface area contributed by atoms with Gasteiger partial charge >= 0.3 is 0 Å². The zero-order valence-corrected chi connectivity index (χ0v) is 22.9. The van der Waals surface area contributed by atoms with E-state index in [-0.39, 0.29) is 11.5 Å². The van der Waals surface area contributed by atoms with Gasteiger partial charge in [-0.15, -0.1) is 0 Å². The molecule has 1 aliphatic rings. The van der Waals surface area contributed by atoms with E-state index in [1.165, 1.54) is 17.2 Å². The molecule has 202 valence electrons. The summed E-state index contributed by atoms with van der Waals surface area (Å²) in [5.74, 6) is 1.13. The van der Waals surface area contributed by atoms with Gasteiger partial charge in [-0.05, 0) is 63.4 Å². The van der Waals surface area contributed by atoms with Crippen LogP contribution in [0.25, 0.3) is 10.9 Å². The van der Waals surface area contributed by atoms with Crippen LogP contribution in [-0.4, -0.2) is 54.0 Å². The van der Waals surface area contributed by atoms with Gasteiger partial charge in [-0.2, -0.15) is 0 Å². The molecular weight excluding hydrogens is 486 g/mol. The number of hydrogen-bond donors (Lipinski definition) is 1. The molecule has 0 saturated carbocycles. The molecule has 0 spiro atoms. The molecule has 1 amide bonds. The van der Waals surface area contributed by atoms with Crippen molar-refractivity contribution in [1.82, 2.24) is 14.8 Å². The number of benzene rings is 3. The summed E-state index contributed by atoms with van der Waals surface area (Å²) in [7, 11) is 2.17. The molecule has 39 heavy (non-hydrogen) atoms. The number of ether oxygens (including phenoxy) is 1. The van der Waals surface area contributed by atoms with Gasteiger partial charge in [0.05, 0.1) is 12.1 Å². The molecule has 5 rings (SSSR count). The molecule has 1 aromatic heterocycles. The summed E-state index contributed by atoms with van der Waals surface area (Å²) in [4.78, 5) is 33.4. The summed E-state index contributed by atoms with van der Waals surface area (Å²) in [5, 5.41) is 0.758. The van der Waals surface area contributed by atoms with Gasteiger partial charge in [0.25, 0.3) is 5.91 Å². The molecule has 1 atom stereocenters. The Labute approximate surface area is 230 Å². The normalized spacial score (nSPS) is 17.7. The molecule has 1 N–H and O–H groups in total. The maximum Gasteiger partial charge on any atom is 0.254 e. The molecule has 4 aromatic rings. The van der Waals surface area contributed by atoms with Crippen LogP contribution in [0.15, 0.2) is 83.7 Å². The quantitative estimate of drug-likeness (QED) is 0.363. The summed E-state index contributed by atoms with van der Waals surface area (Å²) >= 11 is 0. The van der Waals surface area contributed by atoms with Crippen molar-refractivity contribution >= 4 is 16.8 Å². The Hall–Kier alpha value is -3.90. The summed E-state index contributed by atoms with van der Waals surface area (Å²) in [6.07, 6.45) is 2.88. The molecule has 0 bridgehead atoms. The minimum absolute atomic E-state index is 0.131. The van der Waals surface area contributed by atoms with Gasteiger partial charge in [-0.1, -0.05) is 66.2 Å². The standard InChI is InChI=1S/C33H37N3O3/c1-24-14-15-31-27(21-24)23-35(2)18-16-26(25-9-4-3-5-10-25)11-8-17-36(19-20-39-31)33(38)29-22-32(37)34-30-13-7-6-12-28(29)30/h3-7,9-10,12-15,21-22,26H,8,11,16-20,23H2,1-2H3,(H,34,37). The van der Waals surface area contributed by atoms with E-state index in [0.717, 1.165) is 49.1 Å². The Kier molecular flexibility index (Phi) is 8.42. The number of fused-ring (bicyclic) bond motifs is 2. The van der Waals surface area contributed by atoms with Gasteiger partial charge in [0, 0.05) is 35.6 Å². The number of amides is 1. The Morgan fingerprint density at radius 2 is 1.72 bits per heavy atom. The minimum Gasteiger partial charge on any atom is -0.491 e. The molecule has 3 aromatic carbocycles. The summed E-state index contributed by atoms with van der Waals surface area (Å²) in [6.45, 7) is 5.30. The lowest BCUT2D eigenvalue weighted by Gasteiger charge is -2.27. The fraction of sp³-hybridized carbons (Fsp3) is 0.333. The fourth-order valence-corrected chi connectivity index (χ4v) is 5.58. The average molecular weight is 524 g/mol. The van der Waals surface area contributed by atoms with E-state index in [4.69, 9.17) is 4.74 Å². The van der Waals surface area contributed by atoms with Crippen molar-refractivity contribution in [2.45, 2.75) is 38.6 Å². The number of pyridine rings is 1. The van der Waals surface area contributed by atoms with Crippen LogP contribution < -0.4 is 10.3 Å². The number of carbonyl (C=O) groups excluding carboxylic acids is 1. The van der Waals surface area contributed by atoms with E-state index in [1.807, 2.05) is 35.2 Å². The number of rotatable bonds is 2. The average Bonchev–Trinajstić information content (AvgIpc) is 2.94. The van der Waals surface area contributed by atoms with Crippen molar-refractivity contribution in [2.75, 3.05) is 33.3 Å². The van der Waals surface area contributed by atoms with Crippen LogP contribution in [-0.2, 0) is 6.54 Å². The smallest absolute Gasteiger partial charge is 0.254 e. The first-order valence-corrected chi connectivity index (χ1v) is 13.8. The lowest BCUT2D eigenvalue weighted by atomic mass is 9.90. The van der Waals surface area contributed by atoms with Crippen LogP contribution in [0.4, 0.5) is 0 Å². The fourth-order valence-electron chi connectivity index (χ4n) is 5.58. The van der Waals surface area contributed by atoms with Gasteiger partial charge in [0.15, 0.2) is 0 Å². The van der Waals surface area contributed by atoms with Crippen molar-refractivity contribution in [3.63, 3.8) is 0 Å². The first kappa shape index (κ1) is 26.7. The SMILES string of the molecule is Cc1ccc2c(c1)CN(C)CCC(c1ccccc1)CCCN(C(=O)c1cc(=O)[nH]c3ccccc13)CCO2. The third-order valence-electron chi connectivity index (χ3n) is 7.65. The molecule has 2 heterocycles. The predicted octanol–water partition coefficient (Wildman–Crippen LogP) is 5.76. The Bertz CT molecular complexity index is 1480. The van der Waals surface area contributed by atoms with Crippen LogP contribution in [0.2, 0.25) is 0 Å². The van der Waals surface area contributed by atoms with E-state index in [9.17, 15) is 9.59 Å². The van der Waals surface area contributed by atoms with E-state index < -0.39 is 0 Å². The van der Waals surface area contributed by atoms with Gasteiger partial charge in [-0.25, -0.2) is 0 Å². The third kappa shape index (κ3) is 6.58. The minimum atomic E-state index is -0.270. The predicted molar refractivity (Wildman–Crippen MR) is 157 cm³/mol. The number of carbonyl (C=O) groups is 1. The van der Waals surface area contributed by atoms with Crippen LogP contribution in [0.3, 0.4) is 0 Å². The second kappa shape index (κ2) is 12.3. The Balaban J connectivity index is 1.45. The highest BCUT2D eigenvalue weighted by molar-refractivity contribution is 6.05. The molecule has 0 fully saturated rings. The molecule has 0 saturated heterocycles. The zero-order valence-electron chi connectivity index (χ0n) is 22.9. The Morgan fingerprint density at radius 1 is 0.923 bits per heavy atom. The van der Waals surface area contributed by atoms with Gasteiger partial charge in [-0.3, -0.25) is 9.59 Å². The van der Waals surface area contributed by atoms with Crippen molar-refractivity contribution in [2.24, 2.45) is 0 Å². The first-order chi connectivity index (χ1) is 19.0.